The van der Waals surface area contributed by atoms with Crippen LogP contribution < -0.4 is 15.4 Å². The molecule has 0 bridgehead atoms. The van der Waals surface area contributed by atoms with Crippen LogP contribution in [0.1, 0.15) is 66.8 Å². The van der Waals surface area contributed by atoms with Gasteiger partial charge in [0.25, 0.3) is 11.8 Å². The van der Waals surface area contributed by atoms with Gasteiger partial charge in [-0.05, 0) is 57.7 Å². The lowest BCUT2D eigenvalue weighted by molar-refractivity contribution is 0.0935. The second kappa shape index (κ2) is 14.9. The summed E-state index contributed by atoms with van der Waals surface area (Å²) in [4.78, 5) is 24.6. The summed E-state index contributed by atoms with van der Waals surface area (Å²) in [5, 5.41) is 13.6. The summed E-state index contributed by atoms with van der Waals surface area (Å²) in [5.74, 6) is -0.0765. The van der Waals surface area contributed by atoms with Crippen LogP contribution in [0.3, 0.4) is 0 Å². The molecule has 2 aromatic rings. The van der Waals surface area contributed by atoms with Crippen LogP contribution >= 0.6 is 0 Å². The van der Waals surface area contributed by atoms with Crippen molar-refractivity contribution in [2.75, 3.05) is 39.6 Å². The van der Waals surface area contributed by atoms with Gasteiger partial charge in [0, 0.05) is 31.9 Å². The van der Waals surface area contributed by atoms with Gasteiger partial charge in [0.15, 0.2) is 5.69 Å². The average molecular weight is 464 g/mol. The molecule has 2 rings (SSSR count). The molecule has 0 atom stereocenters. The van der Waals surface area contributed by atoms with Gasteiger partial charge < -0.3 is 20.1 Å². The number of carbonyl (C=O) groups excluding carboxylic acids is 2. The van der Waals surface area contributed by atoms with E-state index < -0.39 is 0 Å². The molecule has 0 aliphatic heterocycles. The topological polar surface area (TPSA) is 107 Å². The number of nitrogens with one attached hydrogen (secondary N) is 2. The molecule has 0 aliphatic carbocycles. The van der Waals surface area contributed by atoms with Gasteiger partial charge in [-0.25, -0.2) is 4.68 Å². The van der Waals surface area contributed by atoms with E-state index in [0.29, 0.717) is 62.8 Å². The van der Waals surface area contributed by atoms with Crippen LogP contribution in [-0.2, 0) is 4.74 Å². The number of benzene rings is 1. The molecule has 0 radical (unpaired) electrons. The van der Waals surface area contributed by atoms with Gasteiger partial charge >= 0.3 is 0 Å². The van der Waals surface area contributed by atoms with Crippen molar-refractivity contribution < 1.29 is 23.5 Å². The van der Waals surface area contributed by atoms with Gasteiger partial charge in [-0.1, -0.05) is 11.6 Å². The second-order valence-electron chi connectivity index (χ2n) is 7.35. The molecule has 33 heavy (non-hydrogen) atoms. The Bertz CT molecular complexity index is 874. The highest BCUT2D eigenvalue weighted by molar-refractivity contribution is 5.95. The average Bonchev–Trinajstić information content (AvgIpc) is 3.31. The van der Waals surface area contributed by atoms with Gasteiger partial charge in [-0.2, -0.15) is 0 Å². The first kappa shape index (κ1) is 26.2. The number of nitrogens with zero attached hydrogens (tertiary/aromatic N) is 3. The van der Waals surface area contributed by atoms with E-state index in [1.807, 2.05) is 13.8 Å². The molecule has 0 saturated heterocycles. The zero-order valence-corrected chi connectivity index (χ0v) is 19.4. The monoisotopic (exact) mass is 463 g/mol. The smallest absolute Gasteiger partial charge is 0.273 e. The van der Waals surface area contributed by atoms with Gasteiger partial charge in [0.1, 0.15) is 11.4 Å². The maximum absolute atomic E-state index is 12.3. The lowest BCUT2D eigenvalue weighted by Crippen LogP contribution is -2.25. The summed E-state index contributed by atoms with van der Waals surface area (Å²) < 4.78 is 24.9. The minimum absolute atomic E-state index is 0.177. The SMILES string of the molecule is CCNC(=O)c1ccc(-n2cc(C(=O)NCCCOCC)nn2)c(OCCCCCCF)c1. The molecule has 1 heterocycles. The maximum Gasteiger partial charge on any atom is 0.273 e. The molecule has 1 aromatic heterocycles. The summed E-state index contributed by atoms with van der Waals surface area (Å²) in [6.45, 7) is 6.08. The van der Waals surface area contributed by atoms with Crippen molar-refractivity contribution in [2.24, 2.45) is 0 Å². The fraction of sp³-hybridized carbons (Fsp3) is 0.565. The summed E-state index contributed by atoms with van der Waals surface area (Å²) in [6.07, 6.45) is 5.19. The number of amides is 2. The number of halogens is 1. The Hall–Kier alpha value is -3.01. The van der Waals surface area contributed by atoms with E-state index in [4.69, 9.17) is 9.47 Å². The van der Waals surface area contributed by atoms with E-state index in [1.54, 1.807) is 18.2 Å². The van der Waals surface area contributed by atoms with Crippen molar-refractivity contribution in [3.63, 3.8) is 0 Å². The number of unbranched alkanes of at least 4 members (excludes halogenated alkanes) is 3. The van der Waals surface area contributed by atoms with E-state index in [1.165, 1.54) is 10.9 Å². The normalized spacial score (nSPS) is 10.8. The van der Waals surface area contributed by atoms with Crippen LogP contribution in [0.25, 0.3) is 5.69 Å². The highest BCUT2D eigenvalue weighted by atomic mass is 19.1. The fourth-order valence-electron chi connectivity index (χ4n) is 3.05. The summed E-state index contributed by atoms with van der Waals surface area (Å²) in [5.41, 5.74) is 1.20. The van der Waals surface area contributed by atoms with Gasteiger partial charge in [-0.15, -0.1) is 5.10 Å². The van der Waals surface area contributed by atoms with Crippen molar-refractivity contribution in [3.8, 4) is 11.4 Å². The zero-order chi connectivity index (χ0) is 23.9. The molecule has 0 fully saturated rings. The van der Waals surface area contributed by atoms with E-state index in [-0.39, 0.29) is 24.2 Å². The highest BCUT2D eigenvalue weighted by Gasteiger charge is 2.16. The van der Waals surface area contributed by atoms with Crippen LogP contribution in [0.2, 0.25) is 0 Å². The molecule has 9 nitrogen and oxygen atoms in total. The Morgan fingerprint density at radius 3 is 2.61 bits per heavy atom. The Labute approximate surface area is 194 Å². The Balaban J connectivity index is 2.10. The first-order valence-corrected chi connectivity index (χ1v) is 11.5. The summed E-state index contributed by atoms with van der Waals surface area (Å²) >= 11 is 0. The predicted octanol–water partition coefficient (Wildman–Crippen LogP) is 3.08. The number of rotatable bonds is 16. The first-order chi connectivity index (χ1) is 16.1. The lowest BCUT2D eigenvalue weighted by Gasteiger charge is -2.13. The third-order valence-electron chi connectivity index (χ3n) is 4.77. The molecule has 182 valence electrons. The second-order valence-corrected chi connectivity index (χ2v) is 7.35. The molecule has 10 heteroatoms. The summed E-state index contributed by atoms with van der Waals surface area (Å²) in [6, 6.07) is 5.03. The van der Waals surface area contributed by atoms with Crippen molar-refractivity contribution in [1.29, 1.82) is 0 Å². The number of carbonyl (C=O) groups is 2. The van der Waals surface area contributed by atoms with Crippen LogP contribution in [0.4, 0.5) is 4.39 Å². The predicted molar refractivity (Wildman–Crippen MR) is 123 cm³/mol. The Kier molecular flexibility index (Phi) is 11.9. The minimum Gasteiger partial charge on any atom is -0.491 e. The molecule has 2 N–H and O–H groups in total. The van der Waals surface area contributed by atoms with E-state index in [2.05, 4.69) is 20.9 Å². The molecule has 0 saturated carbocycles. The molecule has 2 amide bonds. The molecular formula is C23H34FN5O4. The van der Waals surface area contributed by atoms with Gasteiger partial charge in [0.05, 0.1) is 19.5 Å². The van der Waals surface area contributed by atoms with Crippen LogP contribution in [0.5, 0.6) is 5.75 Å². The van der Waals surface area contributed by atoms with Crippen LogP contribution in [-0.4, -0.2) is 66.4 Å². The van der Waals surface area contributed by atoms with Crippen molar-refractivity contribution in [2.45, 2.75) is 46.0 Å². The van der Waals surface area contributed by atoms with E-state index in [9.17, 15) is 14.0 Å². The van der Waals surface area contributed by atoms with Crippen LogP contribution in [0.15, 0.2) is 24.4 Å². The van der Waals surface area contributed by atoms with E-state index >= 15 is 0 Å². The number of hydrogen-bond acceptors (Lipinski definition) is 6. The van der Waals surface area contributed by atoms with Crippen molar-refractivity contribution in [1.82, 2.24) is 25.6 Å². The highest BCUT2D eigenvalue weighted by Crippen LogP contribution is 2.25. The molecule has 0 spiro atoms. The number of aromatic nitrogens is 3. The zero-order valence-electron chi connectivity index (χ0n) is 19.4. The van der Waals surface area contributed by atoms with Crippen molar-refractivity contribution in [3.05, 3.63) is 35.7 Å². The molecule has 0 unspecified atom stereocenters. The largest absolute Gasteiger partial charge is 0.491 e. The standard InChI is InChI=1S/C23H34FN5O4/c1-3-25-22(30)18-10-11-20(21(16-18)33-15-8-6-5-7-12-24)29-17-19(27-28-29)23(31)26-13-9-14-32-4-2/h10-11,16-17H,3-9,12-15H2,1-2H3,(H,25,30)(H,26,31). The lowest BCUT2D eigenvalue weighted by atomic mass is 10.1. The van der Waals surface area contributed by atoms with Crippen molar-refractivity contribution >= 4 is 11.8 Å². The third-order valence-corrected chi connectivity index (χ3v) is 4.77. The van der Waals surface area contributed by atoms with Gasteiger partial charge in [0.2, 0.25) is 0 Å². The molecule has 1 aromatic carbocycles. The third kappa shape index (κ3) is 8.80. The minimum atomic E-state index is -0.327. The first-order valence-electron chi connectivity index (χ1n) is 11.5. The molecular weight excluding hydrogens is 429 g/mol. The quantitative estimate of drug-likeness (QED) is 0.371. The van der Waals surface area contributed by atoms with Gasteiger partial charge in [-0.3, -0.25) is 14.0 Å². The van der Waals surface area contributed by atoms with E-state index in [0.717, 1.165) is 19.3 Å². The maximum atomic E-state index is 12.3. The van der Waals surface area contributed by atoms with Crippen LogP contribution in [0, 0.1) is 0 Å². The number of alkyl halides is 1. The summed E-state index contributed by atoms with van der Waals surface area (Å²) in [7, 11) is 0. The fourth-order valence-corrected chi connectivity index (χ4v) is 3.05. The molecule has 0 aliphatic rings. The number of ether oxygens (including phenoxy) is 2. The Morgan fingerprint density at radius 1 is 1.03 bits per heavy atom. The number of hydrogen-bond donors (Lipinski definition) is 2. The Morgan fingerprint density at radius 2 is 1.85 bits per heavy atom.